The van der Waals surface area contributed by atoms with Gasteiger partial charge in [-0.25, -0.2) is 0 Å². The summed E-state index contributed by atoms with van der Waals surface area (Å²) in [7, 11) is -4.24. The van der Waals surface area contributed by atoms with Crippen LogP contribution < -0.4 is 0 Å². The van der Waals surface area contributed by atoms with Crippen molar-refractivity contribution in [3.05, 3.63) is 41.0 Å². The van der Waals surface area contributed by atoms with E-state index in [1.54, 1.807) is 6.07 Å². The van der Waals surface area contributed by atoms with Crippen LogP contribution in [0.15, 0.2) is 29.2 Å². The van der Waals surface area contributed by atoms with Gasteiger partial charge in [-0.15, -0.1) is 0 Å². The van der Waals surface area contributed by atoms with Gasteiger partial charge in [0.05, 0.1) is 4.90 Å². The van der Waals surface area contributed by atoms with Gasteiger partial charge in [-0.1, -0.05) is 72.2 Å². The lowest BCUT2D eigenvalue weighted by Crippen LogP contribution is -2.18. The monoisotopic (exact) mass is 352 g/mol. The Balaban J connectivity index is 0.00000123. The molecule has 0 unspecified atom stereocenters. The molecule has 0 saturated carbocycles. The Morgan fingerprint density at radius 2 is 1.42 bits per heavy atom. The van der Waals surface area contributed by atoms with Gasteiger partial charge in [0.2, 0.25) is 0 Å². The molecule has 2 rings (SSSR count). The highest BCUT2D eigenvalue weighted by Gasteiger charge is 2.27. The Morgan fingerprint density at radius 3 is 1.83 bits per heavy atom. The van der Waals surface area contributed by atoms with Gasteiger partial charge in [-0.05, 0) is 47.2 Å². The molecule has 2 aromatic rings. The van der Waals surface area contributed by atoms with Crippen molar-refractivity contribution in [2.75, 3.05) is 0 Å². The molecule has 0 spiro atoms. The summed E-state index contributed by atoms with van der Waals surface area (Å²) in [4.78, 5) is 0.0144. The first-order chi connectivity index (χ1) is 11.0. The van der Waals surface area contributed by atoms with E-state index >= 15 is 0 Å². The number of hydrogen-bond donors (Lipinski definition) is 1. The predicted octanol–water partition coefficient (Wildman–Crippen LogP) is 6.05. The maximum atomic E-state index is 11.7. The summed E-state index contributed by atoms with van der Waals surface area (Å²) in [6.07, 6.45) is 0. The van der Waals surface area contributed by atoms with E-state index in [2.05, 4.69) is 0 Å². The van der Waals surface area contributed by atoms with Crippen LogP contribution in [0.4, 0.5) is 0 Å². The number of hydrogen-bond acceptors (Lipinski definition) is 2. The highest BCUT2D eigenvalue weighted by Crippen LogP contribution is 2.36. The van der Waals surface area contributed by atoms with E-state index in [4.69, 9.17) is 0 Å². The molecule has 0 aliphatic heterocycles. The molecule has 0 fully saturated rings. The molecule has 0 aromatic heterocycles. The van der Waals surface area contributed by atoms with Crippen LogP contribution in [0.1, 0.15) is 65.2 Å². The van der Waals surface area contributed by atoms with Crippen molar-refractivity contribution in [3.8, 4) is 0 Å². The van der Waals surface area contributed by atoms with Crippen molar-refractivity contribution in [3.63, 3.8) is 0 Å². The molecule has 136 valence electrons. The summed E-state index contributed by atoms with van der Waals surface area (Å²) in [5.41, 5.74) is 2.27. The van der Waals surface area contributed by atoms with Crippen molar-refractivity contribution in [1.29, 1.82) is 0 Å². The number of rotatable bonds is 1. The highest BCUT2D eigenvalue weighted by atomic mass is 32.2. The second-order valence-corrected chi connectivity index (χ2v) is 7.71. The predicted molar refractivity (Wildman–Crippen MR) is 105 cm³/mol. The number of aryl methyl sites for hydroxylation is 2. The van der Waals surface area contributed by atoms with E-state index < -0.39 is 10.1 Å². The lowest BCUT2D eigenvalue weighted by molar-refractivity contribution is 0.476. The summed E-state index contributed by atoms with van der Waals surface area (Å²) >= 11 is 0. The molecular weight excluding hydrogens is 320 g/mol. The Morgan fingerprint density at radius 1 is 0.917 bits per heavy atom. The molecule has 1 N–H and O–H groups in total. The maximum absolute atomic E-state index is 11.7. The second-order valence-electron chi connectivity index (χ2n) is 6.32. The first-order valence-corrected chi connectivity index (χ1v) is 9.98. The van der Waals surface area contributed by atoms with Crippen LogP contribution in [0, 0.1) is 13.8 Å². The summed E-state index contributed by atoms with van der Waals surface area (Å²) in [5.74, 6) is 0. The van der Waals surface area contributed by atoms with Gasteiger partial charge in [-0.2, -0.15) is 8.42 Å². The Hall–Kier alpha value is -1.39. The Bertz CT molecular complexity index is 783. The van der Waals surface area contributed by atoms with Gasteiger partial charge in [-0.3, -0.25) is 4.55 Å². The van der Waals surface area contributed by atoms with Gasteiger partial charge >= 0.3 is 0 Å². The minimum absolute atomic E-state index is 0.0144. The molecule has 0 amide bonds. The third-order valence-electron chi connectivity index (χ3n) is 3.55. The average Bonchev–Trinajstić information content (AvgIpc) is 2.48. The van der Waals surface area contributed by atoms with Crippen molar-refractivity contribution in [1.82, 2.24) is 0 Å². The van der Waals surface area contributed by atoms with E-state index in [0.717, 1.165) is 21.9 Å². The van der Waals surface area contributed by atoms with Crippen molar-refractivity contribution < 1.29 is 13.0 Å². The molecule has 3 nitrogen and oxygen atoms in total. The third-order valence-corrected chi connectivity index (χ3v) is 4.42. The second kappa shape index (κ2) is 8.63. The summed E-state index contributed by atoms with van der Waals surface area (Å²) in [5, 5.41) is 1.86. The van der Waals surface area contributed by atoms with Crippen LogP contribution in [0.5, 0.6) is 0 Å². The van der Waals surface area contributed by atoms with Crippen LogP contribution in [0.2, 0.25) is 0 Å². The molecule has 4 heteroatoms. The summed E-state index contributed by atoms with van der Waals surface area (Å²) in [6, 6.07) is 7.52. The molecule has 0 atom stereocenters. The largest absolute Gasteiger partial charge is 0.294 e. The molecule has 0 radical (unpaired) electrons. The molecule has 0 bridgehead atoms. The number of fused-ring (bicyclic) bond motifs is 1. The zero-order valence-corrected chi connectivity index (χ0v) is 17.3. The van der Waals surface area contributed by atoms with Crippen LogP contribution in [-0.2, 0) is 15.5 Å². The fraction of sp³-hybridized carbons (Fsp3) is 0.500. The third kappa shape index (κ3) is 5.05. The van der Waals surface area contributed by atoms with Gasteiger partial charge in [0.15, 0.2) is 0 Å². The van der Waals surface area contributed by atoms with Gasteiger partial charge in [0, 0.05) is 0 Å². The van der Waals surface area contributed by atoms with E-state index in [1.165, 1.54) is 0 Å². The topological polar surface area (TPSA) is 54.4 Å². The van der Waals surface area contributed by atoms with E-state index in [1.807, 2.05) is 80.5 Å². The summed E-state index contributed by atoms with van der Waals surface area (Å²) < 4.78 is 33.0. The van der Waals surface area contributed by atoms with Crippen molar-refractivity contribution >= 4 is 20.9 Å². The van der Waals surface area contributed by atoms with Gasteiger partial charge < -0.3 is 0 Å². The summed E-state index contributed by atoms with van der Waals surface area (Å²) in [6.45, 7) is 17.7. The Kier molecular flexibility index (Phi) is 8.13. The van der Waals surface area contributed by atoms with Crippen LogP contribution in [-0.4, -0.2) is 13.0 Å². The smallest absolute Gasteiger partial charge is 0.282 e. The molecule has 2 aromatic carbocycles. The van der Waals surface area contributed by atoms with Crippen LogP contribution in [0.25, 0.3) is 10.8 Å². The number of benzene rings is 2. The van der Waals surface area contributed by atoms with Crippen LogP contribution in [0.3, 0.4) is 0 Å². The first-order valence-electron chi connectivity index (χ1n) is 8.54. The fourth-order valence-corrected chi connectivity index (χ4v) is 3.80. The van der Waals surface area contributed by atoms with Gasteiger partial charge in [0.1, 0.15) is 0 Å². The lowest BCUT2D eigenvalue weighted by atomic mass is 9.82. The molecule has 0 saturated heterocycles. The molecular formula is C20H32O3S. The van der Waals surface area contributed by atoms with Gasteiger partial charge in [0.25, 0.3) is 10.1 Å². The zero-order valence-electron chi connectivity index (χ0n) is 16.5. The fourth-order valence-electron chi connectivity index (χ4n) is 2.81. The maximum Gasteiger partial charge on any atom is 0.294 e. The van der Waals surface area contributed by atoms with Crippen LogP contribution >= 0.6 is 0 Å². The Labute approximate surface area is 147 Å². The minimum Gasteiger partial charge on any atom is -0.282 e. The average molecular weight is 353 g/mol. The standard InChI is InChI=1S/C16H20O3S.2C2H6/c1-10-6-7-13-11(2)15(16(3,4)5)14(20(17,18)19)9-12(13)8-10;2*1-2/h6-9H,1-5H3,(H,17,18,19);2*1-2H3. The zero-order chi connectivity index (χ0) is 19.3. The molecule has 0 aliphatic carbocycles. The van der Waals surface area contributed by atoms with E-state index in [0.29, 0.717) is 5.56 Å². The SMILES string of the molecule is CC.CC.Cc1ccc2c(C)c(C(C)(C)C)c(S(=O)(=O)O)cc2c1. The van der Waals surface area contributed by atoms with Crippen molar-refractivity contribution in [2.45, 2.75) is 72.6 Å². The lowest BCUT2D eigenvalue weighted by Gasteiger charge is -2.25. The van der Waals surface area contributed by atoms with Crippen molar-refractivity contribution in [2.24, 2.45) is 0 Å². The molecule has 0 aliphatic rings. The van der Waals surface area contributed by atoms with E-state index in [-0.39, 0.29) is 10.3 Å². The quantitative estimate of drug-likeness (QED) is 0.635. The van der Waals surface area contributed by atoms with E-state index in [9.17, 15) is 13.0 Å². The normalized spacial score (nSPS) is 11.2. The minimum atomic E-state index is -4.24. The highest BCUT2D eigenvalue weighted by molar-refractivity contribution is 7.85. The first kappa shape index (κ1) is 22.6. The molecule has 24 heavy (non-hydrogen) atoms. The molecule has 0 heterocycles.